The highest BCUT2D eigenvalue weighted by Gasteiger charge is 2.14. The molecule has 0 N–H and O–H groups in total. The molecular formula is C40H24OS2. The van der Waals surface area contributed by atoms with Gasteiger partial charge in [-0.15, -0.1) is 22.7 Å². The van der Waals surface area contributed by atoms with Crippen LogP contribution in [0.5, 0.6) is 0 Å². The predicted octanol–water partition coefficient (Wildman–Crippen LogP) is 12.7. The molecule has 202 valence electrons. The molecule has 3 heterocycles. The van der Waals surface area contributed by atoms with E-state index < -0.39 is 0 Å². The molecule has 9 rings (SSSR count). The van der Waals surface area contributed by atoms with Crippen LogP contribution in [0.15, 0.2) is 150 Å². The summed E-state index contributed by atoms with van der Waals surface area (Å²) >= 11 is 3.65. The summed E-state index contributed by atoms with van der Waals surface area (Å²) < 4.78 is 8.94. The number of fused-ring (bicyclic) bond motifs is 5. The first-order valence-corrected chi connectivity index (χ1v) is 16.0. The van der Waals surface area contributed by atoms with Crippen LogP contribution in [0.1, 0.15) is 0 Å². The van der Waals surface area contributed by atoms with Crippen molar-refractivity contribution in [1.29, 1.82) is 0 Å². The van der Waals surface area contributed by atoms with E-state index in [1.165, 1.54) is 74.1 Å². The Morgan fingerprint density at radius 1 is 0.349 bits per heavy atom. The molecule has 0 aliphatic carbocycles. The van der Waals surface area contributed by atoms with Crippen molar-refractivity contribution in [2.45, 2.75) is 0 Å². The number of rotatable bonds is 4. The van der Waals surface area contributed by atoms with Crippen LogP contribution < -0.4 is 0 Å². The highest BCUT2D eigenvalue weighted by molar-refractivity contribution is 7.22. The quantitative estimate of drug-likeness (QED) is 0.201. The van der Waals surface area contributed by atoms with Crippen LogP contribution in [0, 0.1) is 0 Å². The Morgan fingerprint density at radius 3 is 1.14 bits per heavy atom. The zero-order valence-corrected chi connectivity index (χ0v) is 24.7. The van der Waals surface area contributed by atoms with Crippen LogP contribution in [-0.4, -0.2) is 0 Å². The molecule has 0 bridgehead atoms. The number of furan rings is 1. The van der Waals surface area contributed by atoms with Gasteiger partial charge in [-0.25, -0.2) is 0 Å². The molecule has 6 aromatic carbocycles. The second-order valence-corrected chi connectivity index (χ2v) is 13.2. The van der Waals surface area contributed by atoms with Crippen molar-refractivity contribution in [2.75, 3.05) is 0 Å². The Balaban J connectivity index is 1.07. The molecule has 1 nitrogen and oxygen atoms in total. The lowest BCUT2D eigenvalue weighted by Gasteiger charge is -2.03. The van der Waals surface area contributed by atoms with Gasteiger partial charge in [-0.3, -0.25) is 0 Å². The fourth-order valence-corrected chi connectivity index (χ4v) is 8.20. The fourth-order valence-electron chi connectivity index (χ4n) is 6.04. The van der Waals surface area contributed by atoms with E-state index in [4.69, 9.17) is 4.42 Å². The first-order chi connectivity index (χ1) is 21.2. The monoisotopic (exact) mass is 584 g/mol. The summed E-state index contributed by atoms with van der Waals surface area (Å²) in [5.74, 6) is 0. The number of hydrogen-bond donors (Lipinski definition) is 0. The third-order valence-electron chi connectivity index (χ3n) is 8.30. The zero-order valence-electron chi connectivity index (χ0n) is 23.1. The minimum Gasteiger partial charge on any atom is -0.456 e. The Hall–Kier alpha value is -4.96. The first kappa shape index (κ1) is 24.6. The summed E-state index contributed by atoms with van der Waals surface area (Å²) in [5.41, 5.74) is 9.34. The Kier molecular flexibility index (Phi) is 5.62. The van der Waals surface area contributed by atoms with Gasteiger partial charge in [0.1, 0.15) is 11.2 Å². The van der Waals surface area contributed by atoms with Gasteiger partial charge in [0, 0.05) is 29.9 Å². The second-order valence-electron chi connectivity index (χ2n) is 11.0. The lowest BCUT2D eigenvalue weighted by Crippen LogP contribution is -1.77. The van der Waals surface area contributed by atoms with Crippen LogP contribution in [0.2, 0.25) is 0 Å². The van der Waals surface area contributed by atoms with E-state index >= 15 is 0 Å². The van der Waals surface area contributed by atoms with E-state index in [1.807, 2.05) is 22.7 Å². The van der Waals surface area contributed by atoms with Crippen molar-refractivity contribution in [1.82, 2.24) is 0 Å². The minimum absolute atomic E-state index is 0.949. The van der Waals surface area contributed by atoms with Crippen molar-refractivity contribution < 1.29 is 4.42 Å². The maximum Gasteiger partial charge on any atom is 0.136 e. The van der Waals surface area contributed by atoms with E-state index in [1.54, 1.807) is 0 Å². The first-order valence-electron chi connectivity index (χ1n) is 14.4. The van der Waals surface area contributed by atoms with Crippen molar-refractivity contribution in [2.24, 2.45) is 0 Å². The van der Waals surface area contributed by atoms with Gasteiger partial charge in [0.25, 0.3) is 0 Å². The van der Waals surface area contributed by atoms with Crippen LogP contribution in [0.25, 0.3) is 85.2 Å². The number of benzene rings is 6. The molecule has 43 heavy (non-hydrogen) atoms. The van der Waals surface area contributed by atoms with Gasteiger partial charge in [-0.05, 0) is 80.6 Å². The van der Waals surface area contributed by atoms with Gasteiger partial charge in [-0.1, -0.05) is 109 Å². The van der Waals surface area contributed by atoms with Crippen molar-refractivity contribution >= 4 is 64.8 Å². The SMILES string of the molecule is c1ccc(-c2ccc(-c3cc4cc5c(cc4s3)oc3cc4sc(-c6ccc(-c7ccccc7)cc6)cc4cc35)cc2)cc1. The van der Waals surface area contributed by atoms with E-state index in [-0.39, 0.29) is 0 Å². The van der Waals surface area contributed by atoms with Crippen LogP contribution >= 0.6 is 22.7 Å². The van der Waals surface area contributed by atoms with Gasteiger partial charge < -0.3 is 4.42 Å². The standard InChI is InChI=1S/C40H24OS2/c1-3-7-25(8-4-1)27-11-15-29(16-12-27)37-21-31-19-33-34-20-32-22-38(30-17-13-28(14-18-30)26-9-5-2-6-10-26)43-40(32)24-36(34)41-35(33)23-39(31)42-37/h1-24H. The molecule has 0 spiro atoms. The van der Waals surface area contributed by atoms with Crippen LogP contribution in [-0.2, 0) is 0 Å². The fraction of sp³-hybridized carbons (Fsp3) is 0. The summed E-state index contributed by atoms with van der Waals surface area (Å²) in [6, 6.07) is 52.5. The van der Waals surface area contributed by atoms with Gasteiger partial charge >= 0.3 is 0 Å². The smallest absolute Gasteiger partial charge is 0.136 e. The highest BCUT2D eigenvalue weighted by atomic mass is 32.1. The lowest BCUT2D eigenvalue weighted by atomic mass is 10.0. The molecule has 0 fully saturated rings. The second kappa shape index (κ2) is 9.81. The minimum atomic E-state index is 0.949. The largest absolute Gasteiger partial charge is 0.456 e. The predicted molar refractivity (Wildman–Crippen MR) is 186 cm³/mol. The normalized spacial score (nSPS) is 11.7. The molecule has 0 radical (unpaired) electrons. The third kappa shape index (κ3) is 4.28. The topological polar surface area (TPSA) is 13.1 Å². The van der Waals surface area contributed by atoms with Gasteiger partial charge in [0.05, 0.1) is 0 Å². The van der Waals surface area contributed by atoms with Crippen LogP contribution in [0.4, 0.5) is 0 Å². The highest BCUT2D eigenvalue weighted by Crippen LogP contribution is 2.42. The van der Waals surface area contributed by atoms with E-state index in [0.29, 0.717) is 0 Å². The lowest BCUT2D eigenvalue weighted by molar-refractivity contribution is 0.670. The Labute approximate surface area is 256 Å². The molecular weight excluding hydrogens is 561 g/mol. The molecule has 9 aromatic rings. The Morgan fingerprint density at radius 2 is 0.721 bits per heavy atom. The molecule has 0 unspecified atom stereocenters. The van der Waals surface area contributed by atoms with Crippen molar-refractivity contribution in [3.05, 3.63) is 146 Å². The van der Waals surface area contributed by atoms with Gasteiger partial charge in [0.2, 0.25) is 0 Å². The summed E-state index contributed by atoms with van der Waals surface area (Å²) in [4.78, 5) is 2.55. The maximum atomic E-state index is 6.44. The molecule has 0 saturated heterocycles. The Bertz CT molecular complexity index is 2240. The van der Waals surface area contributed by atoms with E-state index in [2.05, 4.69) is 146 Å². The molecule has 0 amide bonds. The van der Waals surface area contributed by atoms with Gasteiger partial charge in [0.15, 0.2) is 0 Å². The maximum absolute atomic E-state index is 6.44. The number of thiophene rings is 2. The van der Waals surface area contributed by atoms with E-state index in [0.717, 1.165) is 11.2 Å². The molecule has 3 aromatic heterocycles. The summed E-state index contributed by atoms with van der Waals surface area (Å²) in [6.45, 7) is 0. The third-order valence-corrected chi connectivity index (χ3v) is 10.6. The van der Waals surface area contributed by atoms with E-state index in [9.17, 15) is 0 Å². The summed E-state index contributed by atoms with van der Waals surface area (Å²) in [7, 11) is 0. The molecule has 0 aliphatic heterocycles. The summed E-state index contributed by atoms with van der Waals surface area (Å²) in [6.07, 6.45) is 0. The average Bonchev–Trinajstić information content (AvgIpc) is 3.78. The van der Waals surface area contributed by atoms with Crippen LogP contribution in [0.3, 0.4) is 0 Å². The van der Waals surface area contributed by atoms with Crippen molar-refractivity contribution in [3.63, 3.8) is 0 Å². The number of hydrogen-bond acceptors (Lipinski definition) is 3. The molecule has 0 saturated carbocycles. The summed E-state index contributed by atoms with van der Waals surface area (Å²) in [5, 5.41) is 4.86. The molecule has 3 heteroatoms. The average molecular weight is 585 g/mol. The zero-order chi connectivity index (χ0) is 28.3. The molecule has 0 aliphatic rings. The van der Waals surface area contributed by atoms with Crippen molar-refractivity contribution in [3.8, 4) is 43.1 Å². The van der Waals surface area contributed by atoms with Gasteiger partial charge in [-0.2, -0.15) is 0 Å². The molecule has 0 atom stereocenters.